The Morgan fingerprint density at radius 3 is 2.33 bits per heavy atom. The number of nitrogens with zero attached hydrogens (tertiary/aromatic N) is 1. The molecule has 0 aromatic heterocycles. The van der Waals surface area contributed by atoms with Crippen molar-refractivity contribution >= 4 is 5.69 Å². The lowest BCUT2D eigenvalue weighted by Gasteiger charge is -2.30. The Balaban J connectivity index is 1.65. The van der Waals surface area contributed by atoms with Crippen LogP contribution >= 0.6 is 0 Å². The standard InChI is InChI=1S/C18H22N2O/c21-15-18(19-17-9-5-2-6-10-17)11-12-20(14-18)13-16-7-3-1-4-8-16/h1-10,19,21H,11-15H2. The summed E-state index contributed by atoms with van der Waals surface area (Å²) in [6, 6.07) is 20.7. The first kappa shape index (κ1) is 14.1. The Morgan fingerprint density at radius 1 is 1.00 bits per heavy atom. The highest BCUT2D eigenvalue weighted by molar-refractivity contribution is 5.45. The van der Waals surface area contributed by atoms with E-state index in [4.69, 9.17) is 0 Å². The molecule has 1 atom stereocenters. The van der Waals surface area contributed by atoms with Gasteiger partial charge < -0.3 is 10.4 Å². The van der Waals surface area contributed by atoms with Gasteiger partial charge in [-0.25, -0.2) is 0 Å². The molecule has 1 saturated heterocycles. The molecule has 110 valence electrons. The van der Waals surface area contributed by atoms with Crippen LogP contribution in [0, 0.1) is 0 Å². The molecule has 0 spiro atoms. The number of rotatable bonds is 5. The van der Waals surface area contributed by atoms with Crippen LogP contribution in [0.1, 0.15) is 12.0 Å². The van der Waals surface area contributed by atoms with Gasteiger partial charge in [0.2, 0.25) is 0 Å². The second kappa shape index (κ2) is 6.29. The topological polar surface area (TPSA) is 35.5 Å². The first-order chi connectivity index (χ1) is 10.3. The second-order valence-corrected chi connectivity index (χ2v) is 5.88. The van der Waals surface area contributed by atoms with Gasteiger partial charge in [-0.3, -0.25) is 4.90 Å². The number of aliphatic hydroxyl groups is 1. The first-order valence-electron chi connectivity index (χ1n) is 7.50. The van der Waals surface area contributed by atoms with E-state index < -0.39 is 0 Å². The van der Waals surface area contributed by atoms with Gasteiger partial charge in [-0.1, -0.05) is 48.5 Å². The van der Waals surface area contributed by atoms with Gasteiger partial charge in [0.25, 0.3) is 0 Å². The zero-order chi connectivity index (χ0) is 14.5. The summed E-state index contributed by atoms with van der Waals surface area (Å²) in [4.78, 5) is 2.40. The minimum absolute atomic E-state index is 0.160. The van der Waals surface area contributed by atoms with Gasteiger partial charge >= 0.3 is 0 Å². The summed E-state index contributed by atoms with van der Waals surface area (Å²) in [6.07, 6.45) is 0.964. The summed E-state index contributed by atoms with van der Waals surface area (Å²) in [7, 11) is 0. The van der Waals surface area contributed by atoms with Crippen molar-refractivity contribution in [3.05, 3.63) is 66.2 Å². The highest BCUT2D eigenvalue weighted by Gasteiger charge is 2.37. The third-order valence-corrected chi connectivity index (χ3v) is 4.17. The summed E-state index contributed by atoms with van der Waals surface area (Å²) in [5.41, 5.74) is 2.18. The van der Waals surface area contributed by atoms with Crippen molar-refractivity contribution in [2.75, 3.05) is 25.0 Å². The molecule has 1 aliphatic heterocycles. The van der Waals surface area contributed by atoms with Crippen molar-refractivity contribution in [1.82, 2.24) is 4.90 Å². The van der Waals surface area contributed by atoms with Crippen LogP contribution in [-0.2, 0) is 6.54 Å². The zero-order valence-electron chi connectivity index (χ0n) is 12.2. The Hall–Kier alpha value is -1.84. The average Bonchev–Trinajstić information content (AvgIpc) is 2.93. The number of nitrogens with one attached hydrogen (secondary N) is 1. The predicted molar refractivity (Wildman–Crippen MR) is 86.2 cm³/mol. The molecule has 0 saturated carbocycles. The summed E-state index contributed by atoms with van der Waals surface area (Å²) < 4.78 is 0. The fraction of sp³-hybridized carbons (Fsp3) is 0.333. The fourth-order valence-corrected chi connectivity index (χ4v) is 3.03. The highest BCUT2D eigenvalue weighted by atomic mass is 16.3. The normalized spacial score (nSPS) is 22.3. The number of anilines is 1. The van der Waals surface area contributed by atoms with E-state index in [1.54, 1.807) is 0 Å². The van der Waals surface area contributed by atoms with Crippen LogP contribution in [0.15, 0.2) is 60.7 Å². The van der Waals surface area contributed by atoms with Crippen LogP contribution in [0.2, 0.25) is 0 Å². The van der Waals surface area contributed by atoms with Crippen LogP contribution in [0.4, 0.5) is 5.69 Å². The summed E-state index contributed by atoms with van der Waals surface area (Å²) in [6.45, 7) is 2.98. The van der Waals surface area contributed by atoms with Crippen molar-refractivity contribution in [2.45, 2.75) is 18.5 Å². The first-order valence-corrected chi connectivity index (χ1v) is 7.50. The quantitative estimate of drug-likeness (QED) is 0.885. The second-order valence-electron chi connectivity index (χ2n) is 5.88. The molecular formula is C18H22N2O. The molecule has 3 heteroatoms. The van der Waals surface area contributed by atoms with Gasteiger partial charge in [-0.15, -0.1) is 0 Å². The van der Waals surface area contributed by atoms with E-state index in [1.165, 1.54) is 5.56 Å². The lowest BCUT2D eigenvalue weighted by atomic mass is 9.99. The zero-order valence-corrected chi connectivity index (χ0v) is 12.2. The molecule has 0 radical (unpaired) electrons. The third kappa shape index (κ3) is 3.43. The van der Waals surface area contributed by atoms with Gasteiger partial charge in [0.05, 0.1) is 12.1 Å². The molecule has 0 bridgehead atoms. The van der Waals surface area contributed by atoms with E-state index >= 15 is 0 Å². The van der Waals surface area contributed by atoms with Crippen molar-refractivity contribution in [2.24, 2.45) is 0 Å². The molecule has 3 rings (SSSR count). The summed E-state index contributed by atoms with van der Waals surface area (Å²) >= 11 is 0. The minimum Gasteiger partial charge on any atom is -0.394 e. The van der Waals surface area contributed by atoms with Gasteiger partial charge in [0.15, 0.2) is 0 Å². The molecule has 0 amide bonds. The lowest BCUT2D eigenvalue weighted by molar-refractivity contribution is 0.205. The highest BCUT2D eigenvalue weighted by Crippen LogP contribution is 2.27. The lowest BCUT2D eigenvalue weighted by Crippen LogP contribution is -2.44. The van der Waals surface area contributed by atoms with E-state index in [1.807, 2.05) is 24.3 Å². The molecule has 3 nitrogen and oxygen atoms in total. The number of likely N-dealkylation sites (tertiary alicyclic amines) is 1. The Morgan fingerprint density at radius 2 is 1.67 bits per heavy atom. The molecule has 1 unspecified atom stereocenters. The molecule has 2 aromatic carbocycles. The van der Waals surface area contributed by atoms with Crippen LogP contribution in [-0.4, -0.2) is 35.2 Å². The Bertz CT molecular complexity index is 558. The fourth-order valence-electron chi connectivity index (χ4n) is 3.03. The summed E-state index contributed by atoms with van der Waals surface area (Å²) in [5, 5.41) is 13.4. The van der Waals surface area contributed by atoms with E-state index in [-0.39, 0.29) is 12.1 Å². The van der Waals surface area contributed by atoms with Gasteiger partial charge in [-0.05, 0) is 24.1 Å². The molecule has 1 heterocycles. The van der Waals surface area contributed by atoms with Crippen molar-refractivity contribution in [3.63, 3.8) is 0 Å². The van der Waals surface area contributed by atoms with E-state index in [0.717, 1.165) is 31.7 Å². The maximum Gasteiger partial charge on any atom is 0.0742 e. The van der Waals surface area contributed by atoms with Crippen molar-refractivity contribution in [1.29, 1.82) is 0 Å². The van der Waals surface area contributed by atoms with Crippen LogP contribution in [0.3, 0.4) is 0 Å². The average molecular weight is 282 g/mol. The van der Waals surface area contributed by atoms with E-state index in [0.29, 0.717) is 0 Å². The van der Waals surface area contributed by atoms with E-state index in [9.17, 15) is 5.11 Å². The molecule has 1 fully saturated rings. The van der Waals surface area contributed by atoms with Gasteiger partial charge in [0.1, 0.15) is 0 Å². The van der Waals surface area contributed by atoms with Gasteiger partial charge in [-0.2, -0.15) is 0 Å². The summed E-state index contributed by atoms with van der Waals surface area (Å²) in [5.74, 6) is 0. The minimum atomic E-state index is -0.226. The van der Waals surface area contributed by atoms with Crippen molar-refractivity contribution in [3.8, 4) is 0 Å². The van der Waals surface area contributed by atoms with E-state index in [2.05, 4.69) is 46.6 Å². The van der Waals surface area contributed by atoms with Crippen LogP contribution in [0.5, 0.6) is 0 Å². The molecular weight excluding hydrogens is 260 g/mol. The molecule has 1 aliphatic rings. The number of para-hydroxylation sites is 1. The van der Waals surface area contributed by atoms with Crippen molar-refractivity contribution < 1.29 is 5.11 Å². The molecule has 2 aromatic rings. The maximum atomic E-state index is 9.87. The number of benzene rings is 2. The van der Waals surface area contributed by atoms with Crippen LogP contribution in [0.25, 0.3) is 0 Å². The number of aliphatic hydroxyl groups excluding tert-OH is 1. The smallest absolute Gasteiger partial charge is 0.0742 e. The molecule has 21 heavy (non-hydrogen) atoms. The Labute approximate surface area is 126 Å². The largest absolute Gasteiger partial charge is 0.394 e. The van der Waals surface area contributed by atoms with Crippen LogP contribution < -0.4 is 5.32 Å². The third-order valence-electron chi connectivity index (χ3n) is 4.17. The monoisotopic (exact) mass is 282 g/mol. The number of hydrogen-bond donors (Lipinski definition) is 2. The molecule has 2 N–H and O–H groups in total. The SMILES string of the molecule is OCC1(Nc2ccccc2)CCN(Cc2ccccc2)C1. The Kier molecular flexibility index (Phi) is 4.23. The van der Waals surface area contributed by atoms with Gasteiger partial charge in [0, 0.05) is 25.3 Å². The number of hydrogen-bond acceptors (Lipinski definition) is 3. The predicted octanol–water partition coefficient (Wildman–Crippen LogP) is 2.74. The molecule has 0 aliphatic carbocycles. The maximum absolute atomic E-state index is 9.87.